The number of carbonyl (C=O) groups excluding carboxylic acids is 1. The van der Waals surface area contributed by atoms with Gasteiger partial charge in [0.25, 0.3) is 5.91 Å². The van der Waals surface area contributed by atoms with Crippen LogP contribution in [0.15, 0.2) is 16.8 Å². The third-order valence-corrected chi connectivity index (χ3v) is 2.70. The van der Waals surface area contributed by atoms with Crippen LogP contribution in [-0.2, 0) is 9.53 Å². The minimum Gasteiger partial charge on any atom is -0.495 e. The molecule has 3 heteroatoms. The molecular weight excluding hydrogens is 166 g/mol. The summed E-state index contributed by atoms with van der Waals surface area (Å²) in [5.74, 6) is 0.966. The second kappa shape index (κ2) is 3.32. The second-order valence-corrected chi connectivity index (χ2v) is 3.53. The second-order valence-electron chi connectivity index (χ2n) is 3.53. The molecule has 2 aliphatic rings. The maximum atomic E-state index is 11.0. The van der Waals surface area contributed by atoms with Gasteiger partial charge in [0.05, 0.1) is 12.8 Å². The Morgan fingerprint density at radius 3 is 2.77 bits per heavy atom. The van der Waals surface area contributed by atoms with E-state index in [0.717, 1.165) is 18.6 Å². The summed E-state index contributed by atoms with van der Waals surface area (Å²) in [4.78, 5) is 15.0. The molecular formula is C10H13NO2. The quantitative estimate of drug-likeness (QED) is 0.647. The third kappa shape index (κ3) is 1.50. The minimum atomic E-state index is -0.168. The van der Waals surface area contributed by atoms with E-state index in [1.165, 1.54) is 18.9 Å². The van der Waals surface area contributed by atoms with Crippen molar-refractivity contribution >= 4 is 11.6 Å². The molecule has 0 unspecified atom stereocenters. The average Bonchev–Trinajstić information content (AvgIpc) is 2.71. The minimum absolute atomic E-state index is 0.168. The summed E-state index contributed by atoms with van der Waals surface area (Å²) in [6.07, 6.45) is 6.26. The Labute approximate surface area is 77.5 Å². The Kier molecular flexibility index (Phi) is 2.17. The van der Waals surface area contributed by atoms with Crippen LogP contribution < -0.4 is 0 Å². The van der Waals surface area contributed by atoms with Gasteiger partial charge in [0.2, 0.25) is 0 Å². The van der Waals surface area contributed by atoms with E-state index in [1.807, 2.05) is 0 Å². The lowest BCUT2D eigenvalue weighted by Gasteiger charge is -2.10. The van der Waals surface area contributed by atoms with Crippen molar-refractivity contribution in [3.8, 4) is 0 Å². The number of amides is 1. The molecule has 1 aliphatic carbocycles. The Balaban J connectivity index is 2.18. The number of nitrogens with zero attached hydrogens (tertiary/aromatic N) is 1. The lowest BCUT2D eigenvalue weighted by Crippen LogP contribution is -2.12. The molecule has 1 aliphatic heterocycles. The molecule has 0 spiro atoms. The van der Waals surface area contributed by atoms with Gasteiger partial charge in [0, 0.05) is 12.0 Å². The van der Waals surface area contributed by atoms with Gasteiger partial charge in [-0.2, -0.15) is 0 Å². The molecule has 13 heavy (non-hydrogen) atoms. The molecule has 0 atom stereocenters. The van der Waals surface area contributed by atoms with Crippen molar-refractivity contribution in [1.82, 2.24) is 0 Å². The maximum Gasteiger partial charge on any atom is 0.273 e. The van der Waals surface area contributed by atoms with Crippen LogP contribution in [0.3, 0.4) is 0 Å². The molecule has 0 saturated heterocycles. The molecule has 3 nitrogen and oxygen atoms in total. The van der Waals surface area contributed by atoms with Crippen molar-refractivity contribution in [2.24, 2.45) is 10.9 Å². The number of carbonyl (C=O) groups is 1. The van der Waals surface area contributed by atoms with Gasteiger partial charge in [-0.3, -0.25) is 4.79 Å². The van der Waals surface area contributed by atoms with Crippen molar-refractivity contribution in [1.29, 1.82) is 0 Å². The van der Waals surface area contributed by atoms with Crippen LogP contribution in [0.25, 0.3) is 0 Å². The summed E-state index contributed by atoms with van der Waals surface area (Å²) < 4.78 is 5.12. The van der Waals surface area contributed by atoms with E-state index >= 15 is 0 Å². The Morgan fingerprint density at radius 1 is 1.46 bits per heavy atom. The fourth-order valence-corrected chi connectivity index (χ4v) is 2.05. The standard InChI is InChI=1S/C10H13NO2/c1-13-8-6-9(12)11-10(8)7-4-2-3-5-7/h6-7H,2-5H2,1H3. The SMILES string of the molecule is COC1=CC(=O)N=C1C1CCCC1. The first kappa shape index (κ1) is 8.48. The lowest BCUT2D eigenvalue weighted by molar-refractivity contribution is -0.113. The number of allylic oxidation sites excluding steroid dienone is 1. The molecule has 1 saturated carbocycles. The Hall–Kier alpha value is -1.12. The predicted octanol–water partition coefficient (Wildman–Crippen LogP) is 1.69. The molecule has 2 rings (SSSR count). The van der Waals surface area contributed by atoms with E-state index in [2.05, 4.69) is 4.99 Å². The fraction of sp³-hybridized carbons (Fsp3) is 0.600. The molecule has 0 aromatic carbocycles. The van der Waals surface area contributed by atoms with Crippen molar-refractivity contribution in [3.63, 3.8) is 0 Å². The summed E-state index contributed by atoms with van der Waals surface area (Å²) in [5.41, 5.74) is 0.880. The van der Waals surface area contributed by atoms with Crippen LogP contribution in [0.2, 0.25) is 0 Å². The molecule has 70 valence electrons. The first-order valence-electron chi connectivity index (χ1n) is 4.70. The van der Waals surface area contributed by atoms with Gasteiger partial charge in [-0.05, 0) is 12.8 Å². The molecule has 0 aromatic heterocycles. The van der Waals surface area contributed by atoms with Gasteiger partial charge < -0.3 is 4.74 Å². The highest BCUT2D eigenvalue weighted by molar-refractivity contribution is 6.16. The van der Waals surface area contributed by atoms with Gasteiger partial charge in [-0.1, -0.05) is 12.8 Å². The highest BCUT2D eigenvalue weighted by Gasteiger charge is 2.28. The predicted molar refractivity (Wildman–Crippen MR) is 49.5 cm³/mol. The molecule has 1 heterocycles. The van der Waals surface area contributed by atoms with E-state index in [-0.39, 0.29) is 5.91 Å². The summed E-state index contributed by atoms with van der Waals surface area (Å²) in [7, 11) is 1.59. The van der Waals surface area contributed by atoms with E-state index < -0.39 is 0 Å². The van der Waals surface area contributed by atoms with E-state index in [9.17, 15) is 4.79 Å². The number of rotatable bonds is 2. The van der Waals surface area contributed by atoms with Gasteiger partial charge in [-0.25, -0.2) is 4.99 Å². The average molecular weight is 179 g/mol. The number of hydrogen-bond donors (Lipinski definition) is 0. The highest BCUT2D eigenvalue weighted by Crippen LogP contribution is 2.30. The van der Waals surface area contributed by atoms with Crippen LogP contribution >= 0.6 is 0 Å². The van der Waals surface area contributed by atoms with Gasteiger partial charge in [0.15, 0.2) is 0 Å². The number of aliphatic imine (C=N–C) groups is 1. The molecule has 0 bridgehead atoms. The zero-order valence-electron chi connectivity index (χ0n) is 7.75. The molecule has 0 N–H and O–H groups in total. The Bertz CT molecular complexity index is 285. The summed E-state index contributed by atoms with van der Waals surface area (Å²) >= 11 is 0. The third-order valence-electron chi connectivity index (χ3n) is 2.70. The first-order valence-corrected chi connectivity index (χ1v) is 4.70. The zero-order chi connectivity index (χ0) is 9.26. The van der Waals surface area contributed by atoms with E-state index in [0.29, 0.717) is 11.7 Å². The molecule has 0 radical (unpaired) electrons. The smallest absolute Gasteiger partial charge is 0.273 e. The van der Waals surface area contributed by atoms with Crippen molar-refractivity contribution in [3.05, 3.63) is 11.8 Å². The topological polar surface area (TPSA) is 38.7 Å². The zero-order valence-corrected chi connectivity index (χ0v) is 7.75. The van der Waals surface area contributed by atoms with E-state index in [4.69, 9.17) is 4.74 Å². The summed E-state index contributed by atoms with van der Waals surface area (Å²) in [5, 5.41) is 0. The van der Waals surface area contributed by atoms with Crippen LogP contribution in [0.1, 0.15) is 25.7 Å². The first-order chi connectivity index (χ1) is 6.31. The normalized spacial score (nSPS) is 23.3. The number of ether oxygens (including phenoxy) is 1. The van der Waals surface area contributed by atoms with Crippen LogP contribution in [0, 0.1) is 5.92 Å². The van der Waals surface area contributed by atoms with Crippen molar-refractivity contribution in [2.75, 3.05) is 7.11 Å². The van der Waals surface area contributed by atoms with Gasteiger partial charge >= 0.3 is 0 Å². The Morgan fingerprint density at radius 2 is 2.15 bits per heavy atom. The fourth-order valence-electron chi connectivity index (χ4n) is 2.05. The number of methoxy groups -OCH3 is 1. The lowest BCUT2D eigenvalue weighted by atomic mass is 10.0. The number of hydrogen-bond acceptors (Lipinski definition) is 2. The van der Waals surface area contributed by atoms with Crippen molar-refractivity contribution < 1.29 is 9.53 Å². The largest absolute Gasteiger partial charge is 0.495 e. The summed E-state index contributed by atoms with van der Waals surface area (Å²) in [6.45, 7) is 0. The van der Waals surface area contributed by atoms with Crippen LogP contribution in [0.5, 0.6) is 0 Å². The van der Waals surface area contributed by atoms with Crippen molar-refractivity contribution in [2.45, 2.75) is 25.7 Å². The van der Waals surface area contributed by atoms with Crippen LogP contribution in [0.4, 0.5) is 0 Å². The van der Waals surface area contributed by atoms with E-state index in [1.54, 1.807) is 7.11 Å². The molecule has 0 aromatic rings. The molecule has 1 amide bonds. The van der Waals surface area contributed by atoms with Gasteiger partial charge in [-0.15, -0.1) is 0 Å². The molecule has 1 fully saturated rings. The maximum absolute atomic E-state index is 11.0. The summed E-state index contributed by atoms with van der Waals surface area (Å²) in [6, 6.07) is 0. The van der Waals surface area contributed by atoms with Crippen LogP contribution in [-0.4, -0.2) is 18.7 Å². The van der Waals surface area contributed by atoms with Gasteiger partial charge in [0.1, 0.15) is 5.76 Å². The highest BCUT2D eigenvalue weighted by atomic mass is 16.5. The monoisotopic (exact) mass is 179 g/mol.